The Hall–Kier alpha value is -2.82. The van der Waals surface area contributed by atoms with E-state index in [-0.39, 0.29) is 30.4 Å². The van der Waals surface area contributed by atoms with E-state index >= 15 is 0 Å². The average Bonchev–Trinajstić information content (AvgIpc) is 3.45. The minimum Gasteiger partial charge on any atom is -0.384 e. The SMILES string of the molecule is NC[C@]1(NS(=O)(=O)c2ccc(-c3ccc(N)nc3)c(C3=NCN=N3)c2S(N)(=O)=O)CCNC1. The minimum atomic E-state index is -4.58. The second kappa shape index (κ2) is 8.51. The van der Waals surface area contributed by atoms with E-state index in [9.17, 15) is 16.8 Å². The Labute approximate surface area is 190 Å². The zero-order valence-electron chi connectivity index (χ0n) is 17.4. The number of hydrogen-bond acceptors (Lipinski definition) is 11. The number of benzene rings is 1. The molecule has 0 radical (unpaired) electrons. The van der Waals surface area contributed by atoms with Gasteiger partial charge in [0.15, 0.2) is 12.5 Å². The zero-order valence-corrected chi connectivity index (χ0v) is 19.0. The number of nitrogens with one attached hydrogen (secondary N) is 2. The van der Waals surface area contributed by atoms with Crippen LogP contribution in [0.15, 0.2) is 55.5 Å². The van der Waals surface area contributed by atoms with Gasteiger partial charge in [-0.25, -0.2) is 36.7 Å². The third kappa shape index (κ3) is 4.50. The lowest BCUT2D eigenvalue weighted by molar-refractivity contribution is 0.422. The highest BCUT2D eigenvalue weighted by molar-refractivity contribution is 7.92. The molecule has 0 aliphatic carbocycles. The van der Waals surface area contributed by atoms with Crippen molar-refractivity contribution in [1.29, 1.82) is 0 Å². The first-order valence-corrected chi connectivity index (χ1v) is 12.9. The fraction of sp³-hybridized carbons (Fsp3) is 0.333. The van der Waals surface area contributed by atoms with Crippen LogP contribution in [0, 0.1) is 0 Å². The molecule has 1 fully saturated rings. The van der Waals surface area contributed by atoms with E-state index in [1.165, 1.54) is 24.4 Å². The molecule has 0 saturated carbocycles. The van der Waals surface area contributed by atoms with Crippen molar-refractivity contribution in [3.8, 4) is 11.1 Å². The molecule has 176 valence electrons. The van der Waals surface area contributed by atoms with Crippen molar-refractivity contribution in [1.82, 2.24) is 15.0 Å². The Bertz CT molecular complexity index is 1350. The minimum absolute atomic E-state index is 0.0207. The highest BCUT2D eigenvalue weighted by Gasteiger charge is 2.40. The van der Waals surface area contributed by atoms with Gasteiger partial charge in [-0.2, -0.15) is 5.11 Å². The van der Waals surface area contributed by atoms with Gasteiger partial charge in [-0.05, 0) is 36.7 Å². The molecule has 2 aromatic rings. The molecule has 1 saturated heterocycles. The van der Waals surface area contributed by atoms with Crippen LogP contribution < -0.4 is 26.6 Å². The molecule has 8 N–H and O–H groups in total. The maximum Gasteiger partial charge on any atom is 0.242 e. The number of amidine groups is 1. The molecular weight excluding hydrogens is 470 g/mol. The van der Waals surface area contributed by atoms with Crippen molar-refractivity contribution < 1.29 is 16.8 Å². The van der Waals surface area contributed by atoms with Gasteiger partial charge < -0.3 is 16.8 Å². The summed E-state index contributed by atoms with van der Waals surface area (Å²) in [5.41, 5.74) is 11.2. The lowest BCUT2D eigenvalue weighted by Gasteiger charge is -2.28. The van der Waals surface area contributed by atoms with Crippen molar-refractivity contribution in [3.05, 3.63) is 36.0 Å². The van der Waals surface area contributed by atoms with Gasteiger partial charge in [0.2, 0.25) is 20.0 Å². The Morgan fingerprint density at radius 2 is 1.94 bits per heavy atom. The van der Waals surface area contributed by atoms with E-state index in [0.717, 1.165) is 0 Å². The predicted molar refractivity (Wildman–Crippen MR) is 121 cm³/mol. The molecule has 1 atom stereocenters. The molecule has 0 amide bonds. The van der Waals surface area contributed by atoms with Crippen LogP contribution in [0.2, 0.25) is 0 Å². The zero-order chi connectivity index (χ0) is 23.9. The van der Waals surface area contributed by atoms with Crippen molar-refractivity contribution in [2.45, 2.75) is 21.8 Å². The monoisotopic (exact) mass is 493 g/mol. The van der Waals surface area contributed by atoms with Crippen molar-refractivity contribution in [2.75, 3.05) is 32.0 Å². The van der Waals surface area contributed by atoms with E-state index in [1.807, 2.05) is 0 Å². The van der Waals surface area contributed by atoms with E-state index < -0.39 is 35.4 Å². The molecule has 15 heteroatoms. The number of azo groups is 1. The van der Waals surface area contributed by atoms with E-state index in [2.05, 4.69) is 30.2 Å². The number of rotatable bonds is 7. The molecule has 33 heavy (non-hydrogen) atoms. The number of nitrogens with zero attached hydrogens (tertiary/aromatic N) is 4. The van der Waals surface area contributed by atoms with Crippen LogP contribution >= 0.6 is 0 Å². The first-order valence-electron chi connectivity index (χ1n) is 9.85. The number of aliphatic imine (C=N–C) groups is 1. The highest BCUT2D eigenvalue weighted by atomic mass is 32.2. The Morgan fingerprint density at radius 3 is 2.48 bits per heavy atom. The number of sulfonamides is 2. The predicted octanol–water partition coefficient (Wildman–Crippen LogP) is -0.883. The van der Waals surface area contributed by atoms with Gasteiger partial charge in [0.1, 0.15) is 15.6 Å². The quantitative estimate of drug-likeness (QED) is 0.325. The summed E-state index contributed by atoms with van der Waals surface area (Å²) in [6, 6.07) is 5.76. The third-order valence-corrected chi connectivity index (χ3v) is 8.19. The van der Waals surface area contributed by atoms with E-state index in [0.29, 0.717) is 30.6 Å². The fourth-order valence-corrected chi connectivity index (χ4v) is 6.87. The number of hydrogen-bond donors (Lipinski definition) is 5. The van der Waals surface area contributed by atoms with Gasteiger partial charge in [-0.15, -0.1) is 5.11 Å². The van der Waals surface area contributed by atoms with Crippen LogP contribution in [0.4, 0.5) is 5.82 Å². The molecule has 0 bridgehead atoms. The smallest absolute Gasteiger partial charge is 0.242 e. The van der Waals surface area contributed by atoms with E-state index in [4.69, 9.17) is 16.6 Å². The number of anilines is 1. The van der Waals surface area contributed by atoms with Gasteiger partial charge in [-0.3, -0.25) is 0 Å². The second-order valence-corrected chi connectivity index (χ2v) is 10.9. The number of primary sulfonamides is 1. The number of nitrogens with two attached hydrogens (primary N) is 3. The third-order valence-electron chi connectivity index (χ3n) is 5.45. The number of nitrogen functional groups attached to an aromatic ring is 1. The number of aromatic nitrogens is 1. The summed E-state index contributed by atoms with van der Waals surface area (Å²) >= 11 is 0. The van der Waals surface area contributed by atoms with Crippen molar-refractivity contribution >= 4 is 31.7 Å². The van der Waals surface area contributed by atoms with Crippen molar-refractivity contribution in [3.63, 3.8) is 0 Å². The Morgan fingerprint density at radius 1 is 1.15 bits per heavy atom. The van der Waals surface area contributed by atoms with E-state index in [1.54, 1.807) is 6.07 Å². The molecule has 2 aliphatic rings. The first-order chi connectivity index (χ1) is 15.6. The highest BCUT2D eigenvalue weighted by Crippen LogP contribution is 2.35. The summed E-state index contributed by atoms with van der Waals surface area (Å²) in [5, 5.41) is 16.3. The standard InChI is InChI=1S/C18H23N9O4S2/c19-8-18(5-6-22-9-18)27-33(30,31)13-3-2-12(11-1-4-14(20)23-7-11)15(16(13)32(21,28)29)17-24-10-25-26-17/h1-4,7,22,27H,5-6,8-10,19H2,(H2,20,23)(H2,21,28,29)/t18-/m1/s1. The van der Waals surface area contributed by atoms with Crippen LogP contribution in [0.5, 0.6) is 0 Å². The Kier molecular flexibility index (Phi) is 6.02. The van der Waals surface area contributed by atoms with Crippen LogP contribution in [0.3, 0.4) is 0 Å². The lowest BCUT2D eigenvalue weighted by atomic mass is 10.00. The first kappa shape index (κ1) is 23.3. The maximum atomic E-state index is 13.4. The van der Waals surface area contributed by atoms with Gasteiger partial charge in [-0.1, -0.05) is 6.07 Å². The van der Waals surface area contributed by atoms with Crippen LogP contribution in [-0.4, -0.2) is 59.5 Å². The summed E-state index contributed by atoms with van der Waals surface area (Å²) in [5.74, 6) is 0.199. The number of pyridine rings is 1. The van der Waals surface area contributed by atoms with Gasteiger partial charge in [0, 0.05) is 24.8 Å². The summed E-state index contributed by atoms with van der Waals surface area (Å²) in [6.07, 6.45) is 1.87. The van der Waals surface area contributed by atoms with Gasteiger partial charge >= 0.3 is 0 Å². The molecule has 0 unspecified atom stereocenters. The molecule has 0 spiro atoms. The molecule has 2 aliphatic heterocycles. The molecular formula is C18H23N9O4S2. The van der Waals surface area contributed by atoms with Crippen molar-refractivity contribution in [2.24, 2.45) is 26.1 Å². The summed E-state index contributed by atoms with van der Waals surface area (Å²) in [6.45, 7) is 0.854. The fourth-order valence-electron chi connectivity index (χ4n) is 3.83. The molecule has 3 heterocycles. The summed E-state index contributed by atoms with van der Waals surface area (Å²) < 4.78 is 55.0. The summed E-state index contributed by atoms with van der Waals surface area (Å²) in [7, 11) is -8.95. The molecule has 1 aromatic carbocycles. The van der Waals surface area contributed by atoms with Crippen LogP contribution in [0.1, 0.15) is 12.0 Å². The molecule has 1 aromatic heterocycles. The van der Waals surface area contributed by atoms with Gasteiger partial charge in [0.05, 0.1) is 11.1 Å². The summed E-state index contributed by atoms with van der Waals surface area (Å²) in [4.78, 5) is 6.97. The normalized spacial score (nSPS) is 20.8. The topological polar surface area (TPSA) is 220 Å². The largest absolute Gasteiger partial charge is 0.384 e. The lowest BCUT2D eigenvalue weighted by Crippen LogP contribution is -2.55. The Balaban J connectivity index is 1.99. The maximum absolute atomic E-state index is 13.4. The second-order valence-electron chi connectivity index (χ2n) is 7.71. The van der Waals surface area contributed by atoms with Crippen LogP contribution in [0.25, 0.3) is 11.1 Å². The molecule has 13 nitrogen and oxygen atoms in total. The van der Waals surface area contributed by atoms with Crippen LogP contribution in [-0.2, 0) is 20.0 Å². The average molecular weight is 494 g/mol. The molecule has 4 rings (SSSR count). The van der Waals surface area contributed by atoms with Gasteiger partial charge in [0.25, 0.3) is 0 Å².